The summed E-state index contributed by atoms with van der Waals surface area (Å²) < 4.78 is 11.5. The second kappa shape index (κ2) is 5.31. The maximum absolute atomic E-state index is 6.15. The smallest absolute Gasteiger partial charge is 0.222 e. The van der Waals surface area contributed by atoms with E-state index in [1.165, 1.54) is 24.9 Å². The second-order valence-electron chi connectivity index (χ2n) is 7.23. The van der Waals surface area contributed by atoms with E-state index < -0.39 is 0 Å². The number of ether oxygens (including phenoxy) is 2. The molecule has 0 aromatic heterocycles. The minimum atomic E-state index is 0.394. The Balaban J connectivity index is 1.37. The molecule has 1 aromatic carbocycles. The van der Waals surface area contributed by atoms with Gasteiger partial charge in [0.2, 0.25) is 7.98 Å². The molecule has 0 spiro atoms. The number of nitrogens with zero attached hydrogens (tertiary/aromatic N) is 2. The topological polar surface area (TPSA) is 37.0 Å². The van der Waals surface area contributed by atoms with Crippen LogP contribution >= 0.6 is 0 Å². The minimum absolute atomic E-state index is 0.394. The summed E-state index contributed by atoms with van der Waals surface area (Å²) in [7, 11) is 5.56. The van der Waals surface area contributed by atoms with Crippen LogP contribution < -0.4 is 14.9 Å². The molecule has 3 saturated heterocycles. The highest BCUT2D eigenvalue weighted by Gasteiger charge is 2.47. The third-order valence-electron chi connectivity index (χ3n) is 5.63. The van der Waals surface area contributed by atoms with Gasteiger partial charge in [0.05, 0.1) is 31.0 Å². The molecule has 1 aliphatic carbocycles. The molecule has 4 fully saturated rings. The van der Waals surface area contributed by atoms with Crippen molar-refractivity contribution in [2.24, 2.45) is 0 Å². The Labute approximate surface area is 138 Å². The zero-order valence-corrected chi connectivity index (χ0v) is 13.3. The van der Waals surface area contributed by atoms with Gasteiger partial charge in [-0.2, -0.15) is 0 Å². The van der Waals surface area contributed by atoms with Gasteiger partial charge >= 0.3 is 0 Å². The maximum Gasteiger partial charge on any atom is 0.222 e. The van der Waals surface area contributed by atoms with Crippen LogP contribution in [0.5, 0.6) is 5.75 Å². The van der Waals surface area contributed by atoms with Crippen LogP contribution in [0.25, 0.3) is 0 Å². The van der Waals surface area contributed by atoms with Gasteiger partial charge in [-0.3, -0.25) is 4.90 Å². The molecule has 4 aliphatic rings. The highest BCUT2D eigenvalue weighted by atomic mass is 16.5. The number of fused-ring (bicyclic) bond motifs is 2. The Bertz CT molecular complexity index is 606. The average Bonchev–Trinajstić information content (AvgIpc) is 3.11. The summed E-state index contributed by atoms with van der Waals surface area (Å²) in [6, 6.07) is 8.15. The molecule has 1 aromatic rings. The Hall–Kier alpha value is -1.40. The molecule has 3 aliphatic heterocycles. The molecular formula is C17H22BN3O2. The molecule has 5 nitrogen and oxygen atoms in total. The van der Waals surface area contributed by atoms with Crippen LogP contribution in [0, 0.1) is 0 Å². The van der Waals surface area contributed by atoms with Crippen LogP contribution in [-0.4, -0.2) is 63.4 Å². The fourth-order valence-corrected chi connectivity index (χ4v) is 4.16. The Morgan fingerprint density at radius 3 is 2.61 bits per heavy atom. The molecule has 3 heterocycles. The van der Waals surface area contributed by atoms with Gasteiger partial charge < -0.3 is 19.6 Å². The molecule has 120 valence electrons. The predicted molar refractivity (Wildman–Crippen MR) is 90.3 cm³/mol. The van der Waals surface area contributed by atoms with Crippen molar-refractivity contribution >= 4 is 19.4 Å². The van der Waals surface area contributed by atoms with E-state index in [0.717, 1.165) is 37.7 Å². The van der Waals surface area contributed by atoms with E-state index in [-0.39, 0.29) is 0 Å². The van der Waals surface area contributed by atoms with Crippen LogP contribution in [0.2, 0.25) is 0 Å². The number of hydrogen-bond donors (Lipinski definition) is 1. The average molecular weight is 311 g/mol. The molecule has 6 heteroatoms. The zero-order chi connectivity index (χ0) is 15.4. The van der Waals surface area contributed by atoms with Gasteiger partial charge in [0.15, 0.2) is 0 Å². The first-order chi connectivity index (χ1) is 11.3. The number of hydrogen-bond acceptors (Lipinski definition) is 5. The monoisotopic (exact) mass is 311 g/mol. The molecular weight excluding hydrogens is 289 g/mol. The number of benzene rings is 1. The third-order valence-corrected chi connectivity index (χ3v) is 5.63. The molecule has 2 unspecified atom stereocenters. The summed E-state index contributed by atoms with van der Waals surface area (Å²) in [6.07, 6.45) is 3.99. The SMILES string of the molecule is [B]Nc1ccc(N2CC3CC2CN3C2COC2)c(OC2CC2)c1. The number of likely N-dealkylation sites (tertiary alicyclic amines) is 1. The van der Waals surface area contributed by atoms with Crippen LogP contribution in [0.3, 0.4) is 0 Å². The van der Waals surface area contributed by atoms with Gasteiger partial charge in [0.1, 0.15) is 5.75 Å². The van der Waals surface area contributed by atoms with Crippen LogP contribution in [0.4, 0.5) is 11.4 Å². The summed E-state index contributed by atoms with van der Waals surface area (Å²) in [6.45, 7) is 4.07. The molecule has 2 bridgehead atoms. The predicted octanol–water partition coefficient (Wildman–Crippen LogP) is 1.38. The molecule has 5 rings (SSSR count). The lowest BCUT2D eigenvalue weighted by Gasteiger charge is -2.43. The van der Waals surface area contributed by atoms with Gasteiger partial charge in [0, 0.05) is 36.9 Å². The Morgan fingerprint density at radius 2 is 2.00 bits per heavy atom. The Kier molecular flexibility index (Phi) is 3.23. The van der Waals surface area contributed by atoms with E-state index in [2.05, 4.69) is 21.1 Å². The number of piperazine rings is 1. The first kappa shape index (κ1) is 14.0. The first-order valence-electron chi connectivity index (χ1n) is 8.69. The fourth-order valence-electron chi connectivity index (χ4n) is 4.16. The molecule has 2 atom stereocenters. The van der Waals surface area contributed by atoms with Gasteiger partial charge in [-0.15, -0.1) is 0 Å². The van der Waals surface area contributed by atoms with E-state index in [4.69, 9.17) is 17.5 Å². The van der Waals surface area contributed by atoms with Crippen LogP contribution in [0.15, 0.2) is 18.2 Å². The summed E-state index contributed by atoms with van der Waals surface area (Å²) in [4.78, 5) is 5.20. The van der Waals surface area contributed by atoms with Crippen molar-refractivity contribution in [3.05, 3.63) is 18.2 Å². The van der Waals surface area contributed by atoms with E-state index in [1.807, 2.05) is 12.1 Å². The summed E-state index contributed by atoms with van der Waals surface area (Å²) in [5, 5.41) is 2.73. The quantitative estimate of drug-likeness (QED) is 0.832. The number of rotatable bonds is 5. The first-order valence-corrected chi connectivity index (χ1v) is 8.69. The number of nitrogens with one attached hydrogen (secondary N) is 1. The van der Waals surface area contributed by atoms with Gasteiger partial charge in [-0.1, -0.05) is 0 Å². The van der Waals surface area contributed by atoms with Crippen LogP contribution in [-0.2, 0) is 4.74 Å². The largest absolute Gasteiger partial charge is 0.488 e. The Morgan fingerprint density at radius 1 is 1.13 bits per heavy atom. The molecule has 1 N–H and O–H groups in total. The van der Waals surface area contributed by atoms with Crippen molar-refractivity contribution in [1.82, 2.24) is 4.90 Å². The molecule has 1 saturated carbocycles. The van der Waals surface area contributed by atoms with Crippen molar-refractivity contribution < 1.29 is 9.47 Å². The van der Waals surface area contributed by atoms with Crippen molar-refractivity contribution in [3.8, 4) is 5.75 Å². The lowest BCUT2D eigenvalue weighted by Crippen LogP contribution is -2.56. The highest BCUT2D eigenvalue weighted by Crippen LogP contribution is 2.42. The molecule has 23 heavy (non-hydrogen) atoms. The summed E-state index contributed by atoms with van der Waals surface area (Å²) in [5.74, 6) is 0.981. The number of anilines is 2. The summed E-state index contributed by atoms with van der Waals surface area (Å²) in [5.41, 5.74) is 2.13. The zero-order valence-electron chi connectivity index (χ0n) is 13.3. The van der Waals surface area contributed by atoms with Crippen molar-refractivity contribution in [3.63, 3.8) is 0 Å². The lowest BCUT2D eigenvalue weighted by atomic mass is 10.1. The summed E-state index contributed by atoms with van der Waals surface area (Å²) >= 11 is 0. The second-order valence-corrected chi connectivity index (χ2v) is 7.23. The van der Waals surface area contributed by atoms with E-state index in [0.29, 0.717) is 24.2 Å². The van der Waals surface area contributed by atoms with E-state index in [9.17, 15) is 0 Å². The van der Waals surface area contributed by atoms with Gasteiger partial charge in [0.25, 0.3) is 0 Å². The van der Waals surface area contributed by atoms with E-state index in [1.54, 1.807) is 0 Å². The molecule has 0 amide bonds. The fraction of sp³-hybridized carbons (Fsp3) is 0.647. The van der Waals surface area contributed by atoms with Crippen molar-refractivity contribution in [1.29, 1.82) is 0 Å². The standard InChI is InChI=1S/C17H22BN3O2/c18-19-11-1-4-16(17(5-11)23-15-2-3-15)21-8-12-6-13(21)7-20(12)14-9-22-10-14/h1,4-5,12-15,19H,2-3,6-10H2. The lowest BCUT2D eigenvalue weighted by molar-refractivity contribution is -0.0708. The van der Waals surface area contributed by atoms with Crippen LogP contribution in [0.1, 0.15) is 19.3 Å². The van der Waals surface area contributed by atoms with Crippen molar-refractivity contribution in [2.75, 3.05) is 36.4 Å². The highest BCUT2D eigenvalue weighted by molar-refractivity contribution is 6.16. The van der Waals surface area contributed by atoms with Crippen molar-refractivity contribution in [2.45, 2.75) is 43.5 Å². The van der Waals surface area contributed by atoms with Gasteiger partial charge in [-0.25, -0.2) is 0 Å². The minimum Gasteiger partial charge on any atom is -0.488 e. The van der Waals surface area contributed by atoms with E-state index >= 15 is 0 Å². The molecule has 2 radical (unpaired) electrons. The maximum atomic E-state index is 6.15. The third kappa shape index (κ3) is 2.39. The van der Waals surface area contributed by atoms with Gasteiger partial charge in [-0.05, 0) is 31.4 Å². The normalized spacial score (nSPS) is 30.5.